The molecule has 17 heavy (non-hydrogen) atoms. The number of hydrogen-bond acceptors (Lipinski definition) is 3. The van der Waals surface area contributed by atoms with E-state index < -0.39 is 5.92 Å². The van der Waals surface area contributed by atoms with Gasteiger partial charge in [-0.05, 0) is 12.8 Å². The van der Waals surface area contributed by atoms with Crippen LogP contribution in [0.1, 0.15) is 33.1 Å². The molecule has 5 heteroatoms. The van der Waals surface area contributed by atoms with Gasteiger partial charge in [-0.1, -0.05) is 13.3 Å². The molecule has 2 amide bonds. The van der Waals surface area contributed by atoms with Crippen molar-refractivity contribution in [3.63, 3.8) is 0 Å². The van der Waals surface area contributed by atoms with E-state index in [-0.39, 0.29) is 17.9 Å². The monoisotopic (exact) mass is 237 g/mol. The number of amides is 2. The Kier molecular flexibility index (Phi) is 4.95. The van der Waals surface area contributed by atoms with Gasteiger partial charge in [0.1, 0.15) is 5.92 Å². The van der Waals surface area contributed by atoms with Gasteiger partial charge < -0.3 is 10.2 Å². The molecule has 94 valence electrons. The van der Waals surface area contributed by atoms with Crippen molar-refractivity contribution >= 4 is 11.8 Å². The Morgan fingerprint density at radius 2 is 2.29 bits per heavy atom. The van der Waals surface area contributed by atoms with Crippen LogP contribution in [0.4, 0.5) is 0 Å². The molecule has 0 spiro atoms. The first-order valence-corrected chi connectivity index (χ1v) is 6.04. The molecule has 0 aromatic heterocycles. The Hall–Kier alpha value is -1.57. The number of likely N-dealkylation sites (tertiary alicyclic amines) is 1. The third-order valence-corrected chi connectivity index (χ3v) is 2.94. The topological polar surface area (TPSA) is 73.2 Å². The van der Waals surface area contributed by atoms with E-state index in [1.807, 2.05) is 6.92 Å². The van der Waals surface area contributed by atoms with Crippen LogP contribution in [-0.4, -0.2) is 35.8 Å². The van der Waals surface area contributed by atoms with Crippen LogP contribution in [0.5, 0.6) is 0 Å². The van der Waals surface area contributed by atoms with Gasteiger partial charge in [-0.2, -0.15) is 5.26 Å². The first kappa shape index (κ1) is 13.5. The van der Waals surface area contributed by atoms with Crippen LogP contribution in [0.3, 0.4) is 0 Å². The van der Waals surface area contributed by atoms with Crippen LogP contribution in [0.15, 0.2) is 0 Å². The molecule has 1 aliphatic heterocycles. The lowest BCUT2D eigenvalue weighted by molar-refractivity contribution is -0.133. The van der Waals surface area contributed by atoms with Crippen molar-refractivity contribution in [3.8, 4) is 6.07 Å². The van der Waals surface area contributed by atoms with Gasteiger partial charge in [0.25, 0.3) is 0 Å². The largest absolute Gasteiger partial charge is 0.352 e. The highest BCUT2D eigenvalue weighted by Crippen LogP contribution is 2.15. The molecule has 1 rings (SSSR count). The third kappa shape index (κ3) is 3.74. The second-order valence-corrected chi connectivity index (χ2v) is 4.44. The molecule has 0 bridgehead atoms. The SMILES string of the molecule is CCCC(C#N)C(=O)N1CCC(NC(C)=O)C1. The van der Waals surface area contributed by atoms with Crippen LogP contribution in [0, 0.1) is 17.2 Å². The van der Waals surface area contributed by atoms with E-state index in [2.05, 4.69) is 11.4 Å². The molecule has 1 N–H and O–H groups in total. The van der Waals surface area contributed by atoms with E-state index in [0.717, 1.165) is 12.8 Å². The summed E-state index contributed by atoms with van der Waals surface area (Å²) in [6, 6.07) is 2.10. The van der Waals surface area contributed by atoms with E-state index in [0.29, 0.717) is 19.5 Å². The van der Waals surface area contributed by atoms with Crippen LogP contribution >= 0.6 is 0 Å². The molecule has 1 aliphatic rings. The first-order valence-electron chi connectivity index (χ1n) is 6.04. The molecule has 0 radical (unpaired) electrons. The fraction of sp³-hybridized carbons (Fsp3) is 0.750. The average Bonchev–Trinajstić information content (AvgIpc) is 2.72. The summed E-state index contributed by atoms with van der Waals surface area (Å²) in [5, 5.41) is 11.7. The van der Waals surface area contributed by atoms with Crippen molar-refractivity contribution in [1.29, 1.82) is 5.26 Å². The molecule has 2 unspecified atom stereocenters. The summed E-state index contributed by atoms with van der Waals surface area (Å²) in [6.45, 7) is 4.59. The zero-order valence-corrected chi connectivity index (χ0v) is 10.4. The highest BCUT2D eigenvalue weighted by Gasteiger charge is 2.30. The fourth-order valence-corrected chi connectivity index (χ4v) is 2.12. The second-order valence-electron chi connectivity index (χ2n) is 4.44. The van der Waals surface area contributed by atoms with Crippen molar-refractivity contribution in [2.45, 2.75) is 39.2 Å². The van der Waals surface area contributed by atoms with Crippen molar-refractivity contribution < 1.29 is 9.59 Å². The Balaban J connectivity index is 2.50. The maximum Gasteiger partial charge on any atom is 0.239 e. The minimum Gasteiger partial charge on any atom is -0.352 e. The molecule has 1 heterocycles. The lowest BCUT2D eigenvalue weighted by Gasteiger charge is -2.19. The molecule has 1 saturated heterocycles. The predicted octanol–water partition coefficient (Wildman–Crippen LogP) is 0.663. The average molecular weight is 237 g/mol. The van der Waals surface area contributed by atoms with Crippen LogP contribution in [0.25, 0.3) is 0 Å². The van der Waals surface area contributed by atoms with E-state index in [9.17, 15) is 9.59 Å². The summed E-state index contributed by atoms with van der Waals surface area (Å²) in [5.41, 5.74) is 0. The van der Waals surface area contributed by atoms with Gasteiger partial charge in [-0.3, -0.25) is 9.59 Å². The third-order valence-electron chi connectivity index (χ3n) is 2.94. The summed E-state index contributed by atoms with van der Waals surface area (Å²) in [7, 11) is 0. The minimum absolute atomic E-state index is 0.0393. The normalized spacial score (nSPS) is 20.8. The number of rotatable bonds is 4. The van der Waals surface area contributed by atoms with Gasteiger partial charge >= 0.3 is 0 Å². The van der Waals surface area contributed by atoms with Gasteiger partial charge in [-0.25, -0.2) is 0 Å². The Labute approximate surface area is 102 Å². The van der Waals surface area contributed by atoms with Crippen molar-refractivity contribution in [2.24, 2.45) is 5.92 Å². The van der Waals surface area contributed by atoms with E-state index >= 15 is 0 Å². The van der Waals surface area contributed by atoms with Gasteiger partial charge in [0.2, 0.25) is 11.8 Å². The van der Waals surface area contributed by atoms with Crippen molar-refractivity contribution in [3.05, 3.63) is 0 Å². The smallest absolute Gasteiger partial charge is 0.239 e. The fourth-order valence-electron chi connectivity index (χ4n) is 2.12. The van der Waals surface area contributed by atoms with Crippen LogP contribution in [-0.2, 0) is 9.59 Å². The highest BCUT2D eigenvalue weighted by atomic mass is 16.2. The first-order chi connectivity index (χ1) is 8.08. The molecule has 1 fully saturated rings. The predicted molar refractivity (Wildman–Crippen MR) is 62.8 cm³/mol. The van der Waals surface area contributed by atoms with Gasteiger partial charge in [-0.15, -0.1) is 0 Å². The molecule has 0 saturated carbocycles. The number of nitrogens with one attached hydrogen (secondary N) is 1. The zero-order valence-electron chi connectivity index (χ0n) is 10.4. The van der Waals surface area contributed by atoms with Gasteiger partial charge in [0, 0.05) is 26.1 Å². The molecule has 0 aromatic rings. The number of carbonyl (C=O) groups is 2. The summed E-state index contributed by atoms with van der Waals surface area (Å²) in [6.07, 6.45) is 2.21. The molecular formula is C12H19N3O2. The number of nitriles is 1. The van der Waals surface area contributed by atoms with Crippen molar-refractivity contribution in [1.82, 2.24) is 10.2 Å². The standard InChI is InChI=1S/C12H19N3O2/c1-3-4-10(7-13)12(17)15-6-5-11(8-15)14-9(2)16/h10-11H,3-6,8H2,1-2H3,(H,14,16). The number of nitrogens with zero attached hydrogens (tertiary/aromatic N) is 2. The highest BCUT2D eigenvalue weighted by molar-refractivity contribution is 5.81. The van der Waals surface area contributed by atoms with Gasteiger partial charge in [0.15, 0.2) is 0 Å². The Morgan fingerprint density at radius 1 is 1.59 bits per heavy atom. The quantitative estimate of drug-likeness (QED) is 0.780. The summed E-state index contributed by atoms with van der Waals surface area (Å²) < 4.78 is 0. The second kappa shape index (κ2) is 6.24. The Bertz CT molecular complexity index is 335. The number of hydrogen-bond donors (Lipinski definition) is 1. The van der Waals surface area contributed by atoms with Crippen LogP contribution in [0.2, 0.25) is 0 Å². The summed E-state index contributed by atoms with van der Waals surface area (Å²) in [5.74, 6) is -0.701. The van der Waals surface area contributed by atoms with Gasteiger partial charge in [0.05, 0.1) is 6.07 Å². The number of carbonyl (C=O) groups excluding carboxylic acids is 2. The van der Waals surface area contributed by atoms with Crippen molar-refractivity contribution in [2.75, 3.05) is 13.1 Å². The molecule has 0 aromatic carbocycles. The molecule has 2 atom stereocenters. The maximum atomic E-state index is 12.0. The zero-order chi connectivity index (χ0) is 12.8. The minimum atomic E-state index is -0.531. The van der Waals surface area contributed by atoms with E-state index in [1.165, 1.54) is 6.92 Å². The lowest BCUT2D eigenvalue weighted by atomic mass is 10.0. The van der Waals surface area contributed by atoms with E-state index in [4.69, 9.17) is 5.26 Å². The molecule has 0 aliphatic carbocycles. The summed E-state index contributed by atoms with van der Waals surface area (Å²) >= 11 is 0. The summed E-state index contributed by atoms with van der Waals surface area (Å²) in [4.78, 5) is 24.6. The molecular weight excluding hydrogens is 218 g/mol. The van der Waals surface area contributed by atoms with Crippen LogP contribution < -0.4 is 5.32 Å². The molecule has 5 nitrogen and oxygen atoms in total. The lowest BCUT2D eigenvalue weighted by Crippen LogP contribution is -2.39. The maximum absolute atomic E-state index is 12.0. The van der Waals surface area contributed by atoms with E-state index in [1.54, 1.807) is 4.90 Å². The Morgan fingerprint density at radius 3 is 2.82 bits per heavy atom.